The van der Waals surface area contributed by atoms with Crippen molar-refractivity contribution in [3.05, 3.63) is 54.6 Å². The van der Waals surface area contributed by atoms with Crippen molar-refractivity contribution in [1.82, 2.24) is 0 Å². The number of unbranched alkanes of at least 4 members (excludes halogenated alkanes) is 1. The fourth-order valence-corrected chi connectivity index (χ4v) is 2.27. The Labute approximate surface area is 145 Å². The van der Waals surface area contributed by atoms with Crippen molar-refractivity contribution in [3.63, 3.8) is 0 Å². The maximum atomic E-state index is 5.76. The molecule has 0 aliphatic heterocycles. The maximum Gasteiger partial charge on any atom is 0.190 e. The Bertz CT molecular complexity index is 568. The molecule has 2 aromatic carbocycles. The Kier molecular flexibility index (Phi) is 6.69. The highest BCUT2D eigenvalue weighted by Gasteiger charge is 2.18. The summed E-state index contributed by atoms with van der Waals surface area (Å²) in [5.74, 6) is 2.30. The van der Waals surface area contributed by atoms with Gasteiger partial charge in [0.1, 0.15) is 17.2 Å². The van der Waals surface area contributed by atoms with Gasteiger partial charge in [-0.05, 0) is 43.5 Å². The molecule has 0 aliphatic carbocycles. The molecular weight excluding hydrogens is 343 g/mol. The Morgan fingerprint density at radius 2 is 1.45 bits per heavy atom. The first kappa shape index (κ1) is 17.3. The van der Waals surface area contributed by atoms with Gasteiger partial charge in [0, 0.05) is 6.07 Å². The Hall–Kier alpha value is -1.09. The van der Waals surface area contributed by atoms with Crippen molar-refractivity contribution in [3.8, 4) is 17.2 Å². The van der Waals surface area contributed by atoms with Gasteiger partial charge in [0.25, 0.3) is 0 Å². The van der Waals surface area contributed by atoms with Crippen LogP contribution >= 0.6 is 34.8 Å². The summed E-state index contributed by atoms with van der Waals surface area (Å²) < 4.78 is 10.3. The number of para-hydroxylation sites is 1. The molecule has 0 bridgehead atoms. The van der Waals surface area contributed by atoms with Crippen LogP contribution in [-0.2, 0) is 0 Å². The first-order valence-corrected chi connectivity index (χ1v) is 8.19. The summed E-state index contributed by atoms with van der Waals surface area (Å²) in [6.45, 7) is 0.579. The van der Waals surface area contributed by atoms with Crippen LogP contribution in [0.15, 0.2) is 54.6 Å². The van der Waals surface area contributed by atoms with E-state index < -0.39 is 3.79 Å². The van der Waals surface area contributed by atoms with Crippen molar-refractivity contribution >= 4 is 34.8 Å². The summed E-state index contributed by atoms with van der Waals surface area (Å²) in [6, 6.07) is 17.2. The molecule has 0 saturated heterocycles. The highest BCUT2D eigenvalue weighted by molar-refractivity contribution is 6.67. The largest absolute Gasteiger partial charge is 0.493 e. The van der Waals surface area contributed by atoms with Crippen molar-refractivity contribution in [2.75, 3.05) is 6.61 Å². The molecule has 0 fully saturated rings. The molecule has 2 nitrogen and oxygen atoms in total. The van der Waals surface area contributed by atoms with E-state index in [2.05, 4.69) is 0 Å². The predicted molar refractivity (Wildman–Crippen MR) is 92.6 cm³/mol. The van der Waals surface area contributed by atoms with Gasteiger partial charge in [0.15, 0.2) is 3.79 Å². The topological polar surface area (TPSA) is 18.5 Å². The lowest BCUT2D eigenvalue weighted by atomic mass is 10.2. The lowest BCUT2D eigenvalue weighted by molar-refractivity contribution is 0.304. The summed E-state index contributed by atoms with van der Waals surface area (Å²) in [6.07, 6.45) is 2.16. The van der Waals surface area contributed by atoms with Gasteiger partial charge in [0.05, 0.1) is 6.61 Å². The molecule has 0 saturated carbocycles. The number of rotatable bonds is 7. The van der Waals surface area contributed by atoms with Gasteiger partial charge in [0.2, 0.25) is 0 Å². The van der Waals surface area contributed by atoms with Crippen molar-refractivity contribution in [1.29, 1.82) is 0 Å². The van der Waals surface area contributed by atoms with Gasteiger partial charge in [-0.3, -0.25) is 0 Å². The molecule has 0 radical (unpaired) electrons. The van der Waals surface area contributed by atoms with E-state index in [1.807, 2.05) is 54.6 Å². The van der Waals surface area contributed by atoms with E-state index in [1.165, 1.54) is 0 Å². The van der Waals surface area contributed by atoms with E-state index in [0.717, 1.165) is 30.1 Å². The number of ether oxygens (including phenoxy) is 2. The summed E-state index contributed by atoms with van der Waals surface area (Å²) >= 11 is 17.1. The smallest absolute Gasteiger partial charge is 0.190 e. The zero-order valence-corrected chi connectivity index (χ0v) is 14.2. The average Bonchev–Trinajstić information content (AvgIpc) is 2.47. The summed E-state index contributed by atoms with van der Waals surface area (Å²) in [5.41, 5.74) is 0. The molecule has 0 atom stereocenters. The molecule has 2 aromatic rings. The molecule has 22 heavy (non-hydrogen) atoms. The molecule has 0 aliphatic rings. The highest BCUT2D eigenvalue weighted by Crippen LogP contribution is 2.31. The molecule has 0 heterocycles. The fraction of sp³-hybridized carbons (Fsp3) is 0.294. The molecular formula is C17H17Cl3O2. The highest BCUT2D eigenvalue weighted by atomic mass is 35.6. The van der Waals surface area contributed by atoms with Crippen molar-refractivity contribution in [2.45, 2.75) is 23.1 Å². The van der Waals surface area contributed by atoms with Crippen LogP contribution in [0.1, 0.15) is 19.3 Å². The number of hydrogen-bond donors (Lipinski definition) is 0. The first-order valence-electron chi connectivity index (χ1n) is 7.05. The van der Waals surface area contributed by atoms with Gasteiger partial charge in [-0.2, -0.15) is 0 Å². The van der Waals surface area contributed by atoms with Crippen molar-refractivity contribution < 1.29 is 9.47 Å². The number of hydrogen-bond acceptors (Lipinski definition) is 2. The van der Waals surface area contributed by atoms with Crippen LogP contribution in [0.4, 0.5) is 0 Å². The van der Waals surface area contributed by atoms with Crippen LogP contribution in [0.2, 0.25) is 0 Å². The second-order valence-electron chi connectivity index (χ2n) is 4.81. The SMILES string of the molecule is ClC(Cl)(Cl)CCCCOc1cccc(Oc2ccccc2)c1. The number of benzene rings is 2. The van der Waals surface area contributed by atoms with Gasteiger partial charge in [-0.15, -0.1) is 0 Å². The van der Waals surface area contributed by atoms with Gasteiger partial charge in [-0.25, -0.2) is 0 Å². The van der Waals surface area contributed by atoms with Crippen LogP contribution in [0, 0.1) is 0 Å². The standard InChI is InChI=1S/C17H17Cl3O2/c18-17(19,20)11-4-5-12-21-15-9-6-10-16(13-15)22-14-7-2-1-3-8-14/h1-3,6-10,13H,4-5,11-12H2. The number of halogens is 3. The summed E-state index contributed by atoms with van der Waals surface area (Å²) in [4.78, 5) is 0. The predicted octanol–water partition coefficient (Wildman–Crippen LogP) is 6.40. The third kappa shape index (κ3) is 6.78. The molecule has 5 heteroatoms. The van der Waals surface area contributed by atoms with E-state index in [0.29, 0.717) is 13.0 Å². The molecule has 0 amide bonds. The molecule has 0 aromatic heterocycles. The quantitative estimate of drug-likeness (QED) is 0.421. The first-order chi connectivity index (χ1) is 10.5. The van der Waals surface area contributed by atoms with Crippen LogP contribution in [0.5, 0.6) is 17.2 Å². The minimum absolute atomic E-state index is 0.526. The maximum absolute atomic E-state index is 5.76. The summed E-state index contributed by atoms with van der Waals surface area (Å²) in [5, 5.41) is 0. The van der Waals surface area contributed by atoms with E-state index >= 15 is 0 Å². The molecule has 2 rings (SSSR count). The normalized spacial score (nSPS) is 11.2. The van der Waals surface area contributed by atoms with E-state index in [9.17, 15) is 0 Å². The second kappa shape index (κ2) is 8.52. The van der Waals surface area contributed by atoms with Crippen LogP contribution < -0.4 is 9.47 Å². The Morgan fingerprint density at radius 1 is 0.773 bits per heavy atom. The van der Waals surface area contributed by atoms with Gasteiger partial charge < -0.3 is 9.47 Å². The van der Waals surface area contributed by atoms with Crippen LogP contribution in [0.3, 0.4) is 0 Å². The van der Waals surface area contributed by atoms with E-state index in [-0.39, 0.29) is 0 Å². The van der Waals surface area contributed by atoms with Crippen LogP contribution in [-0.4, -0.2) is 10.4 Å². The van der Waals surface area contributed by atoms with Gasteiger partial charge >= 0.3 is 0 Å². The average molecular weight is 360 g/mol. The molecule has 0 unspecified atom stereocenters. The third-order valence-electron chi connectivity index (χ3n) is 2.91. The minimum Gasteiger partial charge on any atom is -0.493 e. The van der Waals surface area contributed by atoms with Crippen LogP contribution in [0.25, 0.3) is 0 Å². The third-order valence-corrected chi connectivity index (χ3v) is 3.47. The zero-order valence-electron chi connectivity index (χ0n) is 12.0. The van der Waals surface area contributed by atoms with E-state index in [4.69, 9.17) is 44.3 Å². The molecule has 0 spiro atoms. The number of alkyl halides is 3. The van der Waals surface area contributed by atoms with E-state index in [1.54, 1.807) is 0 Å². The van der Waals surface area contributed by atoms with Gasteiger partial charge in [-0.1, -0.05) is 59.1 Å². The monoisotopic (exact) mass is 358 g/mol. The molecule has 0 N–H and O–H groups in total. The molecule has 118 valence electrons. The summed E-state index contributed by atoms with van der Waals surface area (Å²) in [7, 11) is 0. The Balaban J connectivity index is 1.79. The fourth-order valence-electron chi connectivity index (χ4n) is 1.87. The Morgan fingerprint density at radius 3 is 2.18 bits per heavy atom. The second-order valence-corrected chi connectivity index (χ2v) is 7.33. The van der Waals surface area contributed by atoms with Crippen molar-refractivity contribution in [2.24, 2.45) is 0 Å². The minimum atomic E-state index is -1.18. The lowest BCUT2D eigenvalue weighted by Gasteiger charge is -2.11. The lowest BCUT2D eigenvalue weighted by Crippen LogP contribution is -2.04. The zero-order chi connectivity index (χ0) is 15.8.